The van der Waals surface area contributed by atoms with Crippen LogP contribution >= 0.6 is 0 Å². The summed E-state index contributed by atoms with van der Waals surface area (Å²) in [5.74, 6) is 0. The molecule has 0 bridgehead atoms. The van der Waals surface area contributed by atoms with Gasteiger partial charge in [-0.2, -0.15) is 0 Å². The average Bonchev–Trinajstić information content (AvgIpc) is 2.08. The van der Waals surface area contributed by atoms with Crippen LogP contribution in [0.25, 0.3) is 0 Å². The molecule has 0 aliphatic carbocycles. The summed E-state index contributed by atoms with van der Waals surface area (Å²) in [5, 5.41) is 17.1. The van der Waals surface area contributed by atoms with E-state index >= 15 is 0 Å². The van der Waals surface area contributed by atoms with Crippen molar-refractivity contribution < 1.29 is 10.4 Å². The molecule has 0 atom stereocenters. The zero-order valence-electron chi connectivity index (χ0n) is 6.20. The van der Waals surface area contributed by atoms with E-state index in [1.807, 2.05) is 11.0 Å². The molecule has 0 heterocycles. The van der Waals surface area contributed by atoms with Crippen molar-refractivity contribution in [3.63, 3.8) is 0 Å². The monoisotopic (exact) mass is 170 g/mol. The van der Waals surface area contributed by atoms with Crippen molar-refractivity contribution in [2.75, 3.05) is 22.4 Å². The Labute approximate surface area is 68.7 Å². The Kier molecular flexibility index (Phi) is 2.22. The summed E-state index contributed by atoms with van der Waals surface area (Å²) in [6.07, 6.45) is 0. The van der Waals surface area contributed by atoms with Crippen molar-refractivity contribution in [3.05, 3.63) is 12.1 Å². The van der Waals surface area contributed by atoms with Gasteiger partial charge in [0.15, 0.2) is 0 Å². The predicted molar refractivity (Wildman–Crippen MR) is 46.1 cm³/mol. The number of benzene rings is 1. The zero-order chi connectivity index (χ0) is 9.14. The summed E-state index contributed by atoms with van der Waals surface area (Å²) < 4.78 is 0. The molecule has 6 nitrogen and oxygen atoms in total. The van der Waals surface area contributed by atoms with Gasteiger partial charge in [-0.05, 0) is 12.1 Å². The van der Waals surface area contributed by atoms with Crippen LogP contribution in [-0.2, 0) is 0 Å². The van der Waals surface area contributed by atoms with Crippen LogP contribution in [0.3, 0.4) is 0 Å². The number of rotatable bonds is 2. The van der Waals surface area contributed by atoms with E-state index in [0.717, 1.165) is 0 Å². The van der Waals surface area contributed by atoms with Gasteiger partial charge in [-0.15, -0.1) is 0 Å². The van der Waals surface area contributed by atoms with Gasteiger partial charge >= 0.3 is 0 Å². The van der Waals surface area contributed by atoms with Crippen LogP contribution in [0.1, 0.15) is 0 Å². The first-order valence-electron chi connectivity index (χ1n) is 3.18. The Morgan fingerprint density at radius 1 is 0.917 bits per heavy atom. The van der Waals surface area contributed by atoms with E-state index in [0.29, 0.717) is 11.4 Å². The molecule has 0 aliphatic rings. The number of nitrogen functional groups attached to an aromatic ring is 2. The quantitative estimate of drug-likeness (QED) is 0.283. The fourth-order valence-corrected chi connectivity index (χ4v) is 0.827. The van der Waals surface area contributed by atoms with Crippen LogP contribution in [0.2, 0.25) is 0 Å². The van der Waals surface area contributed by atoms with Gasteiger partial charge in [0.05, 0.1) is 22.7 Å². The first-order valence-corrected chi connectivity index (χ1v) is 3.18. The van der Waals surface area contributed by atoms with E-state index in [2.05, 4.69) is 0 Å². The molecule has 6 heteroatoms. The molecule has 1 rings (SSSR count). The minimum Gasteiger partial charge on any atom is -0.397 e. The molecule has 0 unspecified atom stereocenters. The van der Waals surface area contributed by atoms with Gasteiger partial charge in [0.2, 0.25) is 0 Å². The van der Waals surface area contributed by atoms with Gasteiger partial charge < -0.3 is 11.5 Å². The molecule has 0 saturated heterocycles. The molecule has 0 saturated carbocycles. The summed E-state index contributed by atoms with van der Waals surface area (Å²) in [6.45, 7) is 0. The van der Waals surface area contributed by atoms with Gasteiger partial charge in [-0.1, -0.05) is 0 Å². The standard InChI is InChI=1S/C6H10N4O2/c7-3-1-5(9-11)4(8)2-6(3)10-12/h1-2,9-12H,7-8H2. The summed E-state index contributed by atoms with van der Waals surface area (Å²) in [6, 6.07) is 2.79. The lowest BCUT2D eigenvalue weighted by Gasteiger charge is -2.08. The van der Waals surface area contributed by atoms with E-state index < -0.39 is 0 Å². The molecule has 0 aromatic heterocycles. The smallest absolute Gasteiger partial charge is 0.0853 e. The minimum atomic E-state index is 0.281. The number of nitrogens with one attached hydrogen (secondary N) is 2. The van der Waals surface area contributed by atoms with Crippen LogP contribution in [-0.4, -0.2) is 10.4 Å². The largest absolute Gasteiger partial charge is 0.397 e. The molecule has 12 heavy (non-hydrogen) atoms. The molecule has 1 aromatic rings. The van der Waals surface area contributed by atoms with Crippen LogP contribution in [0.5, 0.6) is 0 Å². The lowest BCUT2D eigenvalue weighted by Crippen LogP contribution is -2.02. The van der Waals surface area contributed by atoms with Crippen molar-refractivity contribution in [1.29, 1.82) is 0 Å². The summed E-state index contributed by atoms with van der Waals surface area (Å²) in [5.41, 5.74) is 15.8. The van der Waals surface area contributed by atoms with Crippen molar-refractivity contribution in [1.82, 2.24) is 0 Å². The van der Waals surface area contributed by atoms with Crippen LogP contribution in [0.4, 0.5) is 22.7 Å². The van der Waals surface area contributed by atoms with Gasteiger partial charge in [-0.3, -0.25) is 21.4 Å². The molecule has 8 N–H and O–H groups in total. The first kappa shape index (κ1) is 8.44. The number of nitrogens with two attached hydrogens (primary N) is 2. The molecule has 1 aromatic carbocycles. The fourth-order valence-electron chi connectivity index (χ4n) is 0.827. The number of anilines is 4. The summed E-state index contributed by atoms with van der Waals surface area (Å²) >= 11 is 0. The van der Waals surface area contributed by atoms with Crippen LogP contribution in [0, 0.1) is 0 Å². The van der Waals surface area contributed by atoms with Crippen LogP contribution < -0.4 is 22.4 Å². The second-order valence-electron chi connectivity index (χ2n) is 2.25. The Balaban J connectivity index is 3.16. The van der Waals surface area contributed by atoms with Gasteiger partial charge in [0, 0.05) is 0 Å². The lowest BCUT2D eigenvalue weighted by molar-refractivity contribution is 0.387. The summed E-state index contributed by atoms with van der Waals surface area (Å²) in [7, 11) is 0. The van der Waals surface area contributed by atoms with Crippen molar-refractivity contribution in [2.45, 2.75) is 0 Å². The van der Waals surface area contributed by atoms with E-state index in [4.69, 9.17) is 21.9 Å². The Bertz CT molecular complexity index is 259. The van der Waals surface area contributed by atoms with Gasteiger partial charge in [-0.25, -0.2) is 0 Å². The van der Waals surface area contributed by atoms with Crippen molar-refractivity contribution in [3.8, 4) is 0 Å². The molecule has 0 radical (unpaired) electrons. The molecule has 0 amide bonds. The maximum Gasteiger partial charge on any atom is 0.0853 e. The molecular weight excluding hydrogens is 160 g/mol. The Hall–Kier alpha value is -1.66. The highest BCUT2D eigenvalue weighted by atomic mass is 16.5. The normalized spacial score (nSPS) is 9.50. The minimum absolute atomic E-state index is 0.281. The Morgan fingerprint density at radius 2 is 1.25 bits per heavy atom. The third-order valence-corrected chi connectivity index (χ3v) is 1.46. The second kappa shape index (κ2) is 3.16. The molecule has 0 spiro atoms. The molecule has 66 valence electrons. The Morgan fingerprint density at radius 3 is 1.50 bits per heavy atom. The van der Waals surface area contributed by atoms with Crippen molar-refractivity contribution >= 4 is 22.7 Å². The van der Waals surface area contributed by atoms with E-state index in [9.17, 15) is 0 Å². The SMILES string of the molecule is Nc1cc(NO)c(N)cc1NO. The van der Waals surface area contributed by atoms with E-state index in [-0.39, 0.29) is 11.4 Å². The number of hydrogen-bond donors (Lipinski definition) is 6. The van der Waals surface area contributed by atoms with Crippen LogP contribution in [0.15, 0.2) is 12.1 Å². The topological polar surface area (TPSA) is 117 Å². The maximum atomic E-state index is 8.54. The first-order chi connectivity index (χ1) is 5.69. The van der Waals surface area contributed by atoms with Gasteiger partial charge in [0.25, 0.3) is 0 Å². The molecule has 0 fully saturated rings. The van der Waals surface area contributed by atoms with Crippen molar-refractivity contribution in [2.24, 2.45) is 0 Å². The highest BCUT2D eigenvalue weighted by Gasteiger charge is 2.03. The van der Waals surface area contributed by atoms with E-state index in [1.54, 1.807) is 0 Å². The predicted octanol–water partition coefficient (Wildman–Crippen LogP) is 0.453. The van der Waals surface area contributed by atoms with E-state index in [1.165, 1.54) is 12.1 Å². The van der Waals surface area contributed by atoms with Gasteiger partial charge in [0.1, 0.15) is 0 Å². The number of hydrogen-bond acceptors (Lipinski definition) is 6. The summed E-state index contributed by atoms with van der Waals surface area (Å²) in [4.78, 5) is 0. The molecule has 0 aliphatic heterocycles. The fraction of sp³-hybridized carbons (Fsp3) is 0. The molecular formula is C6H10N4O2. The third-order valence-electron chi connectivity index (χ3n) is 1.46. The highest BCUT2D eigenvalue weighted by Crippen LogP contribution is 2.28. The highest BCUT2D eigenvalue weighted by molar-refractivity contribution is 5.80. The third kappa shape index (κ3) is 1.34. The zero-order valence-corrected chi connectivity index (χ0v) is 6.20. The lowest BCUT2D eigenvalue weighted by atomic mass is 10.2. The second-order valence-corrected chi connectivity index (χ2v) is 2.25. The average molecular weight is 170 g/mol. The maximum absolute atomic E-state index is 8.54.